The Morgan fingerprint density at radius 2 is 1.68 bits per heavy atom. The zero-order valence-electron chi connectivity index (χ0n) is 23.3. The molecule has 3 rings (SSSR count). The number of nitrogens with one attached hydrogen (secondary N) is 1. The molecule has 0 unspecified atom stereocenters. The molecule has 3 aromatic rings. The van der Waals surface area contributed by atoms with Crippen molar-refractivity contribution in [2.75, 3.05) is 10.8 Å². The van der Waals surface area contributed by atoms with E-state index in [1.807, 2.05) is 45.0 Å². The van der Waals surface area contributed by atoms with Crippen LogP contribution in [0.1, 0.15) is 43.9 Å². The monoisotopic (exact) mass is 647 g/mol. The lowest BCUT2D eigenvalue weighted by molar-refractivity contribution is -0.139. The third-order valence-electron chi connectivity index (χ3n) is 6.73. The number of rotatable bonds is 11. The largest absolute Gasteiger partial charge is 0.352 e. The van der Waals surface area contributed by atoms with Crippen molar-refractivity contribution < 1.29 is 18.0 Å². The standard InChI is InChI=1S/C30H35BrClN3O4S/c1-6-22(4)33-30(37)23(5)34(18-24-8-7-9-25(31)17-24)29(36)19-35(28-15-12-26(32)16-21(28)3)40(38,39)27-13-10-20(2)11-14-27/h7-17,22-23H,6,18-19H2,1-5H3,(H,33,37)/t22-,23-/m1/s1. The molecule has 40 heavy (non-hydrogen) atoms. The summed E-state index contributed by atoms with van der Waals surface area (Å²) < 4.78 is 29.9. The van der Waals surface area contributed by atoms with Gasteiger partial charge in [0.2, 0.25) is 11.8 Å². The van der Waals surface area contributed by atoms with Crippen molar-refractivity contribution in [3.05, 3.63) is 92.9 Å². The summed E-state index contributed by atoms with van der Waals surface area (Å²) in [5, 5.41) is 3.39. The van der Waals surface area contributed by atoms with Crippen LogP contribution in [0.5, 0.6) is 0 Å². The second kappa shape index (κ2) is 13.7. The van der Waals surface area contributed by atoms with E-state index in [0.717, 1.165) is 26.3 Å². The maximum Gasteiger partial charge on any atom is 0.264 e. The third kappa shape index (κ3) is 7.86. The summed E-state index contributed by atoms with van der Waals surface area (Å²) in [6, 6.07) is 17.8. The molecule has 0 aromatic heterocycles. The van der Waals surface area contributed by atoms with Gasteiger partial charge in [0, 0.05) is 22.1 Å². The van der Waals surface area contributed by atoms with Crippen LogP contribution in [0.3, 0.4) is 0 Å². The molecule has 0 spiro atoms. The lowest BCUT2D eigenvalue weighted by atomic mass is 10.1. The summed E-state index contributed by atoms with van der Waals surface area (Å²) >= 11 is 9.63. The number of hydrogen-bond donors (Lipinski definition) is 1. The van der Waals surface area contributed by atoms with E-state index in [1.54, 1.807) is 44.2 Å². The highest BCUT2D eigenvalue weighted by Gasteiger charge is 2.33. The van der Waals surface area contributed by atoms with Gasteiger partial charge in [-0.2, -0.15) is 0 Å². The molecule has 10 heteroatoms. The first-order valence-electron chi connectivity index (χ1n) is 13.0. The molecule has 7 nitrogen and oxygen atoms in total. The van der Waals surface area contributed by atoms with Gasteiger partial charge in [-0.1, -0.05) is 64.3 Å². The summed E-state index contributed by atoms with van der Waals surface area (Å²) in [6.45, 7) is 8.73. The summed E-state index contributed by atoms with van der Waals surface area (Å²) in [5.41, 5.74) is 2.63. The molecule has 0 radical (unpaired) electrons. The zero-order chi connectivity index (χ0) is 29.6. The molecule has 0 saturated carbocycles. The van der Waals surface area contributed by atoms with Crippen LogP contribution < -0.4 is 9.62 Å². The number of halogens is 2. The van der Waals surface area contributed by atoms with Crippen LogP contribution in [0.15, 0.2) is 76.1 Å². The summed E-state index contributed by atoms with van der Waals surface area (Å²) in [6.07, 6.45) is 0.733. The van der Waals surface area contributed by atoms with Crippen molar-refractivity contribution in [3.8, 4) is 0 Å². The summed E-state index contributed by atoms with van der Waals surface area (Å²) in [5.74, 6) is -0.829. The van der Waals surface area contributed by atoms with Crippen LogP contribution in [0, 0.1) is 13.8 Å². The van der Waals surface area contributed by atoms with Gasteiger partial charge in [0.25, 0.3) is 10.0 Å². The first kappa shape index (κ1) is 31.6. The Labute approximate surface area is 250 Å². The lowest BCUT2D eigenvalue weighted by Crippen LogP contribution is -2.52. The van der Waals surface area contributed by atoms with Gasteiger partial charge >= 0.3 is 0 Å². The lowest BCUT2D eigenvalue weighted by Gasteiger charge is -2.33. The number of nitrogens with zero attached hydrogens (tertiary/aromatic N) is 2. The third-order valence-corrected chi connectivity index (χ3v) is 9.23. The average Bonchev–Trinajstić information content (AvgIpc) is 2.90. The Hall–Kier alpha value is -2.88. The molecule has 0 aliphatic rings. The molecular formula is C30H35BrClN3O4S. The zero-order valence-corrected chi connectivity index (χ0v) is 26.5. The maximum absolute atomic E-state index is 14.0. The molecule has 0 aliphatic carbocycles. The van der Waals surface area contributed by atoms with Crippen LogP contribution in [-0.4, -0.2) is 43.8 Å². The number of aryl methyl sites for hydroxylation is 2. The highest BCUT2D eigenvalue weighted by molar-refractivity contribution is 9.10. The number of sulfonamides is 1. The van der Waals surface area contributed by atoms with E-state index >= 15 is 0 Å². The number of benzene rings is 3. The van der Waals surface area contributed by atoms with Crippen LogP contribution in [0.2, 0.25) is 5.02 Å². The van der Waals surface area contributed by atoms with Gasteiger partial charge in [0.05, 0.1) is 10.6 Å². The highest BCUT2D eigenvalue weighted by atomic mass is 79.9. The molecule has 0 fully saturated rings. The molecule has 2 atom stereocenters. The molecule has 0 saturated heterocycles. The number of carbonyl (C=O) groups excluding carboxylic acids is 2. The molecular weight excluding hydrogens is 614 g/mol. The van der Waals surface area contributed by atoms with Crippen LogP contribution in [-0.2, 0) is 26.2 Å². The van der Waals surface area contributed by atoms with Crippen molar-refractivity contribution in [2.45, 2.75) is 64.6 Å². The minimum absolute atomic E-state index is 0.0568. The summed E-state index contributed by atoms with van der Waals surface area (Å²) in [4.78, 5) is 28.7. The normalized spacial score (nSPS) is 12.9. The average molecular weight is 649 g/mol. The number of anilines is 1. The quantitative estimate of drug-likeness (QED) is 0.267. The smallest absolute Gasteiger partial charge is 0.264 e. The van der Waals surface area contributed by atoms with E-state index in [1.165, 1.54) is 17.0 Å². The molecule has 1 N–H and O–H groups in total. The SMILES string of the molecule is CC[C@@H](C)NC(=O)[C@@H](C)N(Cc1cccc(Br)c1)C(=O)CN(c1ccc(Cl)cc1C)S(=O)(=O)c1ccc(C)cc1. The number of carbonyl (C=O) groups is 2. The Morgan fingerprint density at radius 3 is 2.27 bits per heavy atom. The van der Waals surface area contributed by atoms with Gasteiger partial charge in [-0.15, -0.1) is 0 Å². The predicted octanol–water partition coefficient (Wildman–Crippen LogP) is 6.25. The second-order valence-electron chi connectivity index (χ2n) is 9.90. The van der Waals surface area contributed by atoms with Crippen LogP contribution in [0.4, 0.5) is 5.69 Å². The molecule has 0 aliphatic heterocycles. The van der Waals surface area contributed by atoms with Crippen molar-refractivity contribution in [1.29, 1.82) is 0 Å². The van der Waals surface area contributed by atoms with Gasteiger partial charge in [-0.3, -0.25) is 13.9 Å². The molecule has 0 heterocycles. The predicted molar refractivity (Wildman–Crippen MR) is 164 cm³/mol. The van der Waals surface area contributed by atoms with Gasteiger partial charge in [-0.25, -0.2) is 8.42 Å². The van der Waals surface area contributed by atoms with Gasteiger partial charge < -0.3 is 10.2 Å². The molecule has 0 bridgehead atoms. The second-order valence-corrected chi connectivity index (χ2v) is 13.1. The van der Waals surface area contributed by atoms with Gasteiger partial charge in [0.15, 0.2) is 0 Å². The van der Waals surface area contributed by atoms with E-state index in [2.05, 4.69) is 21.2 Å². The molecule has 2 amide bonds. The Kier molecular flexibility index (Phi) is 10.8. The van der Waals surface area contributed by atoms with E-state index < -0.39 is 28.5 Å². The van der Waals surface area contributed by atoms with Crippen molar-refractivity contribution >= 4 is 55.1 Å². The Bertz CT molecular complexity index is 1460. The van der Waals surface area contributed by atoms with Crippen LogP contribution in [0.25, 0.3) is 0 Å². The summed E-state index contributed by atoms with van der Waals surface area (Å²) in [7, 11) is -4.15. The topological polar surface area (TPSA) is 86.8 Å². The van der Waals surface area contributed by atoms with E-state index in [-0.39, 0.29) is 23.4 Å². The first-order valence-corrected chi connectivity index (χ1v) is 15.6. The Morgan fingerprint density at radius 1 is 1.00 bits per heavy atom. The van der Waals surface area contributed by atoms with E-state index in [0.29, 0.717) is 16.3 Å². The van der Waals surface area contributed by atoms with E-state index in [4.69, 9.17) is 11.6 Å². The van der Waals surface area contributed by atoms with Crippen LogP contribution >= 0.6 is 27.5 Å². The maximum atomic E-state index is 14.0. The first-order chi connectivity index (χ1) is 18.8. The molecule has 3 aromatic carbocycles. The van der Waals surface area contributed by atoms with Crippen molar-refractivity contribution in [3.63, 3.8) is 0 Å². The fraction of sp³-hybridized carbons (Fsp3) is 0.333. The number of hydrogen-bond acceptors (Lipinski definition) is 4. The van der Waals surface area contributed by atoms with Crippen molar-refractivity contribution in [2.24, 2.45) is 0 Å². The fourth-order valence-electron chi connectivity index (χ4n) is 4.13. The minimum atomic E-state index is -4.15. The van der Waals surface area contributed by atoms with E-state index in [9.17, 15) is 18.0 Å². The number of amides is 2. The Balaban J connectivity index is 2.06. The fourth-order valence-corrected chi connectivity index (χ4v) is 6.28. The van der Waals surface area contributed by atoms with Crippen molar-refractivity contribution in [1.82, 2.24) is 10.2 Å². The highest BCUT2D eigenvalue weighted by Crippen LogP contribution is 2.29. The minimum Gasteiger partial charge on any atom is -0.352 e. The van der Waals surface area contributed by atoms with Gasteiger partial charge in [0.1, 0.15) is 12.6 Å². The van der Waals surface area contributed by atoms with Gasteiger partial charge in [-0.05, 0) is 87.7 Å². The molecule has 214 valence electrons.